The van der Waals surface area contributed by atoms with Gasteiger partial charge in [0, 0.05) is 44.0 Å². The number of anilines is 1. The van der Waals surface area contributed by atoms with Crippen molar-refractivity contribution < 1.29 is 4.79 Å². The maximum absolute atomic E-state index is 12.4. The number of likely N-dealkylation sites (N-methyl/N-ethyl adjacent to an activating group) is 1. The van der Waals surface area contributed by atoms with Crippen molar-refractivity contribution >= 4 is 11.6 Å². The molecular formula is C14H19N3O. The summed E-state index contributed by atoms with van der Waals surface area (Å²) in [5.41, 5.74) is 3.27. The zero-order valence-electron chi connectivity index (χ0n) is 10.8. The molecule has 2 heterocycles. The number of nitrogens with zero attached hydrogens (tertiary/aromatic N) is 2. The number of benzene rings is 1. The Morgan fingerprint density at radius 1 is 1.22 bits per heavy atom. The molecule has 4 nitrogen and oxygen atoms in total. The normalized spacial score (nSPS) is 19.5. The second-order valence-electron chi connectivity index (χ2n) is 5.14. The summed E-state index contributed by atoms with van der Waals surface area (Å²) in [5.74, 6) is 0.166. The lowest BCUT2D eigenvalue weighted by Crippen LogP contribution is -2.47. The van der Waals surface area contributed by atoms with Crippen LogP contribution in [0.5, 0.6) is 0 Å². The van der Waals surface area contributed by atoms with Gasteiger partial charge in [-0.2, -0.15) is 0 Å². The van der Waals surface area contributed by atoms with E-state index in [4.69, 9.17) is 0 Å². The van der Waals surface area contributed by atoms with Gasteiger partial charge in [0.05, 0.1) is 0 Å². The third kappa shape index (κ3) is 2.08. The molecule has 0 aromatic heterocycles. The van der Waals surface area contributed by atoms with E-state index in [-0.39, 0.29) is 5.91 Å². The summed E-state index contributed by atoms with van der Waals surface area (Å²) in [6.07, 6.45) is 1.07. The van der Waals surface area contributed by atoms with E-state index < -0.39 is 0 Å². The first-order chi connectivity index (χ1) is 8.74. The highest BCUT2D eigenvalue weighted by Crippen LogP contribution is 2.24. The molecule has 0 bridgehead atoms. The number of nitrogens with one attached hydrogen (secondary N) is 1. The smallest absolute Gasteiger partial charge is 0.254 e. The third-order valence-electron chi connectivity index (χ3n) is 3.86. The van der Waals surface area contributed by atoms with E-state index in [1.165, 1.54) is 5.56 Å². The molecule has 1 fully saturated rings. The number of carbonyl (C=O) groups excluding carboxylic acids is 1. The van der Waals surface area contributed by atoms with Crippen molar-refractivity contribution in [1.29, 1.82) is 0 Å². The summed E-state index contributed by atoms with van der Waals surface area (Å²) in [5, 5.41) is 3.33. The summed E-state index contributed by atoms with van der Waals surface area (Å²) in [6, 6.07) is 6.05. The number of amides is 1. The predicted octanol–water partition coefficient (Wildman–Crippen LogP) is 1.04. The van der Waals surface area contributed by atoms with E-state index in [0.29, 0.717) is 0 Å². The van der Waals surface area contributed by atoms with Crippen molar-refractivity contribution in [3.63, 3.8) is 0 Å². The molecule has 1 saturated heterocycles. The first-order valence-electron chi connectivity index (χ1n) is 6.58. The summed E-state index contributed by atoms with van der Waals surface area (Å²) < 4.78 is 0. The molecule has 1 N–H and O–H groups in total. The van der Waals surface area contributed by atoms with E-state index in [1.54, 1.807) is 0 Å². The van der Waals surface area contributed by atoms with E-state index in [9.17, 15) is 4.79 Å². The van der Waals surface area contributed by atoms with Crippen LogP contribution in [0.4, 0.5) is 5.69 Å². The first-order valence-corrected chi connectivity index (χ1v) is 6.58. The fourth-order valence-electron chi connectivity index (χ4n) is 2.62. The first kappa shape index (κ1) is 11.5. The van der Waals surface area contributed by atoms with Crippen molar-refractivity contribution in [2.75, 3.05) is 45.1 Å². The number of hydrogen-bond acceptors (Lipinski definition) is 3. The fourth-order valence-corrected chi connectivity index (χ4v) is 2.62. The Bertz CT molecular complexity index is 464. The largest absolute Gasteiger partial charge is 0.384 e. The average molecular weight is 245 g/mol. The van der Waals surface area contributed by atoms with Gasteiger partial charge in [0.1, 0.15) is 0 Å². The second-order valence-corrected chi connectivity index (χ2v) is 5.14. The lowest BCUT2D eigenvalue weighted by atomic mass is 10.1. The highest BCUT2D eigenvalue weighted by atomic mass is 16.2. The van der Waals surface area contributed by atoms with Gasteiger partial charge in [0.15, 0.2) is 0 Å². The summed E-state index contributed by atoms with van der Waals surface area (Å²) in [7, 11) is 2.10. The maximum Gasteiger partial charge on any atom is 0.254 e. The van der Waals surface area contributed by atoms with Crippen LogP contribution in [0.15, 0.2) is 18.2 Å². The van der Waals surface area contributed by atoms with Crippen LogP contribution in [-0.2, 0) is 6.42 Å². The van der Waals surface area contributed by atoms with Crippen LogP contribution < -0.4 is 5.32 Å². The van der Waals surface area contributed by atoms with E-state index >= 15 is 0 Å². The molecule has 3 rings (SSSR count). The monoisotopic (exact) mass is 245 g/mol. The Kier molecular flexibility index (Phi) is 2.96. The van der Waals surface area contributed by atoms with Gasteiger partial charge in [-0.15, -0.1) is 0 Å². The summed E-state index contributed by atoms with van der Waals surface area (Å²) in [4.78, 5) is 16.6. The Balaban J connectivity index is 1.76. The summed E-state index contributed by atoms with van der Waals surface area (Å²) >= 11 is 0. The maximum atomic E-state index is 12.4. The van der Waals surface area contributed by atoms with Crippen LogP contribution in [0.2, 0.25) is 0 Å². The molecule has 0 saturated carbocycles. The molecular weight excluding hydrogens is 226 g/mol. The van der Waals surface area contributed by atoms with Crippen LogP contribution in [0, 0.1) is 0 Å². The van der Waals surface area contributed by atoms with Crippen LogP contribution in [0.25, 0.3) is 0 Å². The van der Waals surface area contributed by atoms with Crippen molar-refractivity contribution in [3.05, 3.63) is 29.3 Å². The quantitative estimate of drug-likeness (QED) is 0.803. The molecule has 0 spiro atoms. The number of piperazine rings is 1. The molecule has 0 radical (unpaired) electrons. The van der Waals surface area contributed by atoms with Crippen LogP contribution in [0.1, 0.15) is 15.9 Å². The van der Waals surface area contributed by atoms with Crippen molar-refractivity contribution in [1.82, 2.24) is 9.80 Å². The van der Waals surface area contributed by atoms with Gasteiger partial charge in [-0.05, 0) is 31.2 Å². The van der Waals surface area contributed by atoms with Gasteiger partial charge in [-0.3, -0.25) is 4.79 Å². The van der Waals surface area contributed by atoms with Gasteiger partial charge in [0.25, 0.3) is 5.91 Å². The van der Waals surface area contributed by atoms with Gasteiger partial charge in [0.2, 0.25) is 0 Å². The third-order valence-corrected chi connectivity index (χ3v) is 3.86. The van der Waals surface area contributed by atoms with Crippen molar-refractivity contribution in [3.8, 4) is 0 Å². The highest BCUT2D eigenvalue weighted by molar-refractivity contribution is 5.95. The molecule has 1 aromatic rings. The fraction of sp³-hybridized carbons (Fsp3) is 0.500. The van der Waals surface area contributed by atoms with E-state index in [2.05, 4.69) is 23.3 Å². The molecule has 4 heteroatoms. The highest BCUT2D eigenvalue weighted by Gasteiger charge is 2.21. The minimum atomic E-state index is 0.166. The molecule has 18 heavy (non-hydrogen) atoms. The SMILES string of the molecule is CN1CCN(C(=O)c2ccc3c(c2)NCC3)CC1. The Hall–Kier alpha value is -1.55. The van der Waals surface area contributed by atoms with Crippen LogP contribution >= 0.6 is 0 Å². The zero-order valence-corrected chi connectivity index (χ0v) is 10.8. The Morgan fingerprint density at radius 3 is 2.78 bits per heavy atom. The second kappa shape index (κ2) is 4.61. The molecule has 2 aliphatic rings. The molecule has 0 unspecified atom stereocenters. The van der Waals surface area contributed by atoms with Gasteiger partial charge < -0.3 is 15.1 Å². The number of fused-ring (bicyclic) bond motifs is 1. The lowest BCUT2D eigenvalue weighted by Gasteiger charge is -2.32. The minimum Gasteiger partial charge on any atom is -0.384 e. The number of rotatable bonds is 1. The van der Waals surface area contributed by atoms with Gasteiger partial charge >= 0.3 is 0 Å². The van der Waals surface area contributed by atoms with Crippen molar-refractivity contribution in [2.45, 2.75) is 6.42 Å². The molecule has 2 aliphatic heterocycles. The molecule has 1 amide bonds. The van der Waals surface area contributed by atoms with Crippen molar-refractivity contribution in [2.24, 2.45) is 0 Å². The topological polar surface area (TPSA) is 35.6 Å². The Labute approximate surface area is 108 Å². The lowest BCUT2D eigenvalue weighted by molar-refractivity contribution is 0.0664. The zero-order chi connectivity index (χ0) is 12.5. The Morgan fingerprint density at radius 2 is 2.00 bits per heavy atom. The average Bonchev–Trinajstić information content (AvgIpc) is 2.86. The van der Waals surface area contributed by atoms with Gasteiger partial charge in [-0.25, -0.2) is 0 Å². The van der Waals surface area contributed by atoms with Gasteiger partial charge in [-0.1, -0.05) is 6.07 Å². The van der Waals surface area contributed by atoms with E-state index in [0.717, 1.165) is 50.4 Å². The summed E-state index contributed by atoms with van der Waals surface area (Å²) in [6.45, 7) is 4.59. The molecule has 0 aliphatic carbocycles. The number of carbonyl (C=O) groups is 1. The van der Waals surface area contributed by atoms with E-state index in [1.807, 2.05) is 17.0 Å². The minimum absolute atomic E-state index is 0.166. The van der Waals surface area contributed by atoms with Crippen LogP contribution in [0.3, 0.4) is 0 Å². The molecule has 0 atom stereocenters. The standard InChI is InChI=1S/C14H19N3O/c1-16-6-8-17(9-7-16)14(18)12-3-2-11-4-5-15-13(11)10-12/h2-3,10,15H,4-9H2,1H3. The van der Waals surface area contributed by atoms with Crippen LogP contribution in [-0.4, -0.2) is 55.5 Å². The number of hydrogen-bond donors (Lipinski definition) is 1. The predicted molar refractivity (Wildman–Crippen MR) is 72.0 cm³/mol. The molecule has 96 valence electrons. The molecule has 1 aromatic carbocycles.